The topological polar surface area (TPSA) is 76.0 Å². The van der Waals surface area contributed by atoms with Gasteiger partial charge in [-0.05, 0) is 17.5 Å². The number of amides is 2. The van der Waals surface area contributed by atoms with Gasteiger partial charge in [-0.3, -0.25) is 14.3 Å². The number of aromatic nitrogens is 2. The quantitative estimate of drug-likeness (QED) is 0.616. The molecule has 0 aliphatic heterocycles. The van der Waals surface area contributed by atoms with Crippen molar-refractivity contribution in [3.8, 4) is 0 Å². The Morgan fingerprint density at radius 1 is 1.38 bits per heavy atom. The summed E-state index contributed by atoms with van der Waals surface area (Å²) in [5.41, 5.74) is 0. The number of rotatable bonds is 6. The minimum Gasteiger partial charge on any atom is -0.345 e. The van der Waals surface area contributed by atoms with E-state index in [0.717, 1.165) is 4.88 Å². The highest BCUT2D eigenvalue weighted by atomic mass is 32.1. The lowest BCUT2D eigenvalue weighted by Gasteiger charge is -2.16. The number of nitrogens with zero attached hydrogens (tertiary/aromatic N) is 2. The summed E-state index contributed by atoms with van der Waals surface area (Å²) in [6.07, 6.45) is 5.02. The first-order valence-corrected chi connectivity index (χ1v) is 7.29. The molecule has 110 valence electrons. The molecule has 1 atom stereocenters. The maximum atomic E-state index is 11.7. The second-order valence-electron chi connectivity index (χ2n) is 4.23. The predicted molar refractivity (Wildman–Crippen MR) is 80.9 cm³/mol. The van der Waals surface area contributed by atoms with Crippen LogP contribution >= 0.6 is 11.3 Å². The van der Waals surface area contributed by atoms with Gasteiger partial charge in [-0.25, -0.2) is 0 Å². The number of hydrogen-bond acceptors (Lipinski definition) is 4. The van der Waals surface area contributed by atoms with Gasteiger partial charge in [-0.15, -0.1) is 17.9 Å². The van der Waals surface area contributed by atoms with Crippen molar-refractivity contribution in [1.29, 1.82) is 0 Å². The Bertz CT molecular complexity index is 558. The van der Waals surface area contributed by atoms with Crippen molar-refractivity contribution in [3.63, 3.8) is 0 Å². The molecule has 0 saturated heterocycles. The maximum absolute atomic E-state index is 11.7. The van der Waals surface area contributed by atoms with E-state index in [9.17, 15) is 9.59 Å². The maximum Gasteiger partial charge on any atom is 0.309 e. The Morgan fingerprint density at radius 3 is 2.81 bits per heavy atom. The van der Waals surface area contributed by atoms with Gasteiger partial charge in [0.05, 0.1) is 0 Å². The van der Waals surface area contributed by atoms with E-state index in [0.29, 0.717) is 6.54 Å². The molecule has 0 saturated carbocycles. The number of hydrogen-bond donors (Lipinski definition) is 2. The standard InChI is InChI=1S/C14H16N4O2S/c1-2-6-15-13(19)14(20)16-10-11(12-5-3-9-21-12)18-8-4-7-17-18/h2-5,7-9,11H,1,6,10H2,(H,15,19)(H,16,20). The lowest BCUT2D eigenvalue weighted by atomic mass is 10.2. The van der Waals surface area contributed by atoms with Crippen LogP contribution in [0.3, 0.4) is 0 Å². The van der Waals surface area contributed by atoms with Gasteiger partial charge in [-0.1, -0.05) is 12.1 Å². The van der Waals surface area contributed by atoms with Crippen LogP contribution in [0.2, 0.25) is 0 Å². The zero-order valence-corrected chi connectivity index (χ0v) is 12.2. The summed E-state index contributed by atoms with van der Waals surface area (Å²) in [5, 5.41) is 11.2. The molecule has 2 N–H and O–H groups in total. The van der Waals surface area contributed by atoms with Crippen molar-refractivity contribution >= 4 is 23.2 Å². The summed E-state index contributed by atoms with van der Waals surface area (Å²) in [5.74, 6) is -1.33. The van der Waals surface area contributed by atoms with Gasteiger partial charge < -0.3 is 10.6 Å². The zero-order valence-electron chi connectivity index (χ0n) is 11.4. The second kappa shape index (κ2) is 7.39. The van der Waals surface area contributed by atoms with Gasteiger partial charge in [0.2, 0.25) is 0 Å². The minimum absolute atomic E-state index is 0.129. The highest BCUT2D eigenvalue weighted by Crippen LogP contribution is 2.21. The zero-order chi connectivity index (χ0) is 15.1. The summed E-state index contributed by atoms with van der Waals surface area (Å²) in [6.45, 7) is 4.03. The average Bonchev–Trinajstić information content (AvgIpc) is 3.18. The minimum atomic E-state index is -0.666. The molecule has 2 rings (SSSR count). The monoisotopic (exact) mass is 304 g/mol. The van der Waals surface area contributed by atoms with E-state index in [1.165, 1.54) is 6.08 Å². The van der Waals surface area contributed by atoms with Gasteiger partial charge in [0, 0.05) is 30.4 Å². The molecule has 6 nitrogen and oxygen atoms in total. The molecule has 2 aromatic rings. The van der Waals surface area contributed by atoms with Crippen molar-refractivity contribution in [2.75, 3.05) is 13.1 Å². The van der Waals surface area contributed by atoms with E-state index < -0.39 is 11.8 Å². The summed E-state index contributed by atoms with van der Waals surface area (Å²) in [7, 11) is 0. The molecule has 21 heavy (non-hydrogen) atoms. The van der Waals surface area contributed by atoms with Crippen LogP contribution in [0.15, 0.2) is 48.6 Å². The third kappa shape index (κ3) is 4.03. The normalized spacial score (nSPS) is 11.6. The molecule has 0 bridgehead atoms. The van der Waals surface area contributed by atoms with E-state index in [1.807, 2.05) is 29.8 Å². The molecule has 0 aliphatic carbocycles. The molecular weight excluding hydrogens is 288 g/mol. The highest BCUT2D eigenvalue weighted by molar-refractivity contribution is 7.10. The Kier molecular flexibility index (Phi) is 5.28. The smallest absolute Gasteiger partial charge is 0.309 e. The van der Waals surface area contributed by atoms with E-state index in [4.69, 9.17) is 0 Å². The summed E-state index contributed by atoms with van der Waals surface area (Å²) in [6, 6.07) is 5.60. The molecule has 1 unspecified atom stereocenters. The van der Waals surface area contributed by atoms with Crippen molar-refractivity contribution in [3.05, 3.63) is 53.5 Å². The van der Waals surface area contributed by atoms with Gasteiger partial charge in [0.25, 0.3) is 0 Å². The van der Waals surface area contributed by atoms with E-state index in [1.54, 1.807) is 22.2 Å². The summed E-state index contributed by atoms with van der Waals surface area (Å²) < 4.78 is 1.76. The van der Waals surface area contributed by atoms with Gasteiger partial charge >= 0.3 is 11.8 Å². The van der Waals surface area contributed by atoms with Crippen molar-refractivity contribution in [2.45, 2.75) is 6.04 Å². The van der Waals surface area contributed by atoms with E-state index in [-0.39, 0.29) is 12.6 Å². The van der Waals surface area contributed by atoms with E-state index >= 15 is 0 Å². The molecule has 0 aliphatic rings. The van der Waals surface area contributed by atoms with Crippen LogP contribution in [0.1, 0.15) is 10.9 Å². The van der Waals surface area contributed by atoms with Crippen LogP contribution in [-0.2, 0) is 9.59 Å². The SMILES string of the molecule is C=CCNC(=O)C(=O)NCC(c1cccs1)n1cccn1. The Labute approximate surface area is 126 Å². The highest BCUT2D eigenvalue weighted by Gasteiger charge is 2.19. The first-order valence-electron chi connectivity index (χ1n) is 6.42. The first-order chi connectivity index (χ1) is 10.2. The van der Waals surface area contributed by atoms with Crippen LogP contribution in [0, 0.1) is 0 Å². The number of carbonyl (C=O) groups is 2. The molecule has 2 amide bonds. The molecule has 2 aromatic heterocycles. The fourth-order valence-electron chi connectivity index (χ4n) is 1.79. The average molecular weight is 304 g/mol. The second-order valence-corrected chi connectivity index (χ2v) is 5.21. The number of carbonyl (C=O) groups excluding carboxylic acids is 2. The van der Waals surface area contributed by atoms with Crippen molar-refractivity contribution in [2.24, 2.45) is 0 Å². The molecule has 7 heteroatoms. The Balaban J connectivity index is 1.99. The number of nitrogens with one attached hydrogen (secondary N) is 2. The lowest BCUT2D eigenvalue weighted by molar-refractivity contribution is -0.139. The Hall–Kier alpha value is -2.41. The number of thiophene rings is 1. The van der Waals surface area contributed by atoms with Gasteiger partial charge in [0.1, 0.15) is 6.04 Å². The van der Waals surface area contributed by atoms with Gasteiger partial charge in [0.15, 0.2) is 0 Å². The molecular formula is C14H16N4O2S. The predicted octanol–water partition coefficient (Wildman–Crippen LogP) is 0.952. The first kappa shape index (κ1) is 15.0. The van der Waals surface area contributed by atoms with Crippen LogP contribution in [0.5, 0.6) is 0 Å². The molecule has 0 spiro atoms. The summed E-state index contributed by atoms with van der Waals surface area (Å²) in [4.78, 5) is 24.3. The van der Waals surface area contributed by atoms with E-state index in [2.05, 4.69) is 22.3 Å². The van der Waals surface area contributed by atoms with Crippen LogP contribution in [-0.4, -0.2) is 34.7 Å². The fraction of sp³-hybridized carbons (Fsp3) is 0.214. The van der Waals surface area contributed by atoms with Gasteiger partial charge in [-0.2, -0.15) is 5.10 Å². The molecule has 2 heterocycles. The molecule has 0 fully saturated rings. The largest absolute Gasteiger partial charge is 0.345 e. The van der Waals surface area contributed by atoms with Crippen molar-refractivity contribution < 1.29 is 9.59 Å². The fourth-order valence-corrected chi connectivity index (χ4v) is 2.60. The molecule has 0 aromatic carbocycles. The molecule has 0 radical (unpaired) electrons. The Morgan fingerprint density at radius 2 is 2.19 bits per heavy atom. The third-order valence-corrected chi connectivity index (χ3v) is 3.76. The summed E-state index contributed by atoms with van der Waals surface area (Å²) >= 11 is 1.58. The van der Waals surface area contributed by atoms with Crippen molar-refractivity contribution in [1.82, 2.24) is 20.4 Å². The van der Waals surface area contributed by atoms with Crippen LogP contribution in [0.4, 0.5) is 0 Å². The van der Waals surface area contributed by atoms with Crippen LogP contribution < -0.4 is 10.6 Å². The third-order valence-electron chi connectivity index (χ3n) is 2.78. The lowest BCUT2D eigenvalue weighted by Crippen LogP contribution is -2.42. The van der Waals surface area contributed by atoms with Crippen LogP contribution in [0.25, 0.3) is 0 Å².